The highest BCUT2D eigenvalue weighted by molar-refractivity contribution is 6.39. The van der Waals surface area contributed by atoms with Crippen molar-refractivity contribution in [3.05, 3.63) is 93.7 Å². The van der Waals surface area contributed by atoms with Gasteiger partial charge in [-0.25, -0.2) is 9.82 Å². The molecule has 0 aliphatic carbocycles. The molecule has 0 aliphatic rings. The molecule has 0 aliphatic heterocycles. The fraction of sp³-hybridized carbons (Fsp3) is 0.0455. The Morgan fingerprint density at radius 3 is 2.42 bits per heavy atom. The van der Waals surface area contributed by atoms with E-state index in [0.717, 1.165) is 0 Å². The Balaban J connectivity index is 1.56. The highest BCUT2D eigenvalue weighted by Crippen LogP contribution is 2.26. The van der Waals surface area contributed by atoms with Gasteiger partial charge in [0.15, 0.2) is 0 Å². The minimum Gasteiger partial charge on any atom is -0.489 e. The molecule has 2 N–H and O–H groups in total. The smallest absolute Gasteiger partial charge is 0.329 e. The number of nitrogens with zero attached hydrogens (tertiary/aromatic N) is 1. The number of hydrazone groups is 1. The molecule has 0 radical (unpaired) electrons. The van der Waals surface area contributed by atoms with Crippen LogP contribution in [0.3, 0.4) is 0 Å². The zero-order chi connectivity index (χ0) is 22.2. The van der Waals surface area contributed by atoms with Gasteiger partial charge in [-0.2, -0.15) is 5.10 Å². The van der Waals surface area contributed by atoms with E-state index in [1.54, 1.807) is 42.5 Å². The van der Waals surface area contributed by atoms with Gasteiger partial charge < -0.3 is 10.1 Å². The number of anilines is 1. The number of hydrogen-bond donors (Lipinski definition) is 2. The third-order valence-corrected chi connectivity index (χ3v) is 4.72. The lowest BCUT2D eigenvalue weighted by Crippen LogP contribution is -2.32. The van der Waals surface area contributed by atoms with Crippen molar-refractivity contribution in [2.75, 3.05) is 5.32 Å². The summed E-state index contributed by atoms with van der Waals surface area (Å²) in [5.74, 6) is -2.21. The monoisotopic (exact) mass is 459 g/mol. The molecule has 3 rings (SSSR count). The van der Waals surface area contributed by atoms with Crippen LogP contribution in [0.2, 0.25) is 10.0 Å². The topological polar surface area (TPSA) is 79.8 Å². The number of para-hydroxylation sites is 1. The lowest BCUT2D eigenvalue weighted by Gasteiger charge is -2.09. The van der Waals surface area contributed by atoms with Crippen molar-refractivity contribution in [2.45, 2.75) is 6.61 Å². The van der Waals surface area contributed by atoms with Gasteiger partial charge in [0.05, 0.1) is 11.9 Å². The summed E-state index contributed by atoms with van der Waals surface area (Å²) in [4.78, 5) is 23.7. The summed E-state index contributed by atoms with van der Waals surface area (Å²) in [6.45, 7) is 0.173. The highest BCUT2D eigenvalue weighted by Gasteiger charge is 2.14. The number of benzene rings is 3. The van der Waals surface area contributed by atoms with Crippen LogP contribution in [0.1, 0.15) is 11.1 Å². The Bertz CT molecular complexity index is 1120. The largest absolute Gasteiger partial charge is 0.489 e. The molecule has 0 heterocycles. The number of amides is 2. The van der Waals surface area contributed by atoms with Crippen LogP contribution in [-0.4, -0.2) is 18.0 Å². The van der Waals surface area contributed by atoms with Gasteiger partial charge in [-0.1, -0.05) is 53.5 Å². The molecule has 0 aromatic heterocycles. The van der Waals surface area contributed by atoms with E-state index in [2.05, 4.69) is 15.8 Å². The van der Waals surface area contributed by atoms with E-state index < -0.39 is 17.6 Å². The van der Waals surface area contributed by atoms with E-state index in [-0.39, 0.29) is 12.3 Å². The van der Waals surface area contributed by atoms with Crippen molar-refractivity contribution in [1.29, 1.82) is 0 Å². The van der Waals surface area contributed by atoms with Crippen molar-refractivity contribution >= 4 is 46.9 Å². The lowest BCUT2D eigenvalue weighted by molar-refractivity contribution is -0.136. The van der Waals surface area contributed by atoms with Gasteiger partial charge in [-0.3, -0.25) is 9.59 Å². The molecular formula is C22H16Cl2FN3O3. The molecule has 0 saturated carbocycles. The van der Waals surface area contributed by atoms with Gasteiger partial charge in [0, 0.05) is 15.6 Å². The minimum absolute atomic E-state index is 0.102. The van der Waals surface area contributed by atoms with E-state index in [1.807, 2.05) is 0 Å². The van der Waals surface area contributed by atoms with Crippen LogP contribution < -0.4 is 15.5 Å². The van der Waals surface area contributed by atoms with E-state index in [1.165, 1.54) is 30.5 Å². The first-order valence-electron chi connectivity index (χ1n) is 8.98. The van der Waals surface area contributed by atoms with Crippen molar-refractivity contribution in [2.24, 2.45) is 5.10 Å². The van der Waals surface area contributed by atoms with E-state index in [4.69, 9.17) is 27.9 Å². The summed E-state index contributed by atoms with van der Waals surface area (Å²) in [5.41, 5.74) is 3.26. The van der Waals surface area contributed by atoms with Crippen LogP contribution >= 0.6 is 23.2 Å². The summed E-state index contributed by atoms with van der Waals surface area (Å²) >= 11 is 12.3. The van der Waals surface area contributed by atoms with Crippen LogP contribution in [0.15, 0.2) is 71.8 Å². The summed E-state index contributed by atoms with van der Waals surface area (Å²) in [6.07, 6.45) is 1.34. The zero-order valence-corrected chi connectivity index (χ0v) is 17.5. The molecule has 0 atom stereocenters. The minimum atomic E-state index is -1.05. The highest BCUT2D eigenvalue weighted by atomic mass is 35.5. The van der Waals surface area contributed by atoms with Crippen LogP contribution in [-0.2, 0) is 16.2 Å². The number of ether oxygens (including phenoxy) is 1. The number of carbonyl (C=O) groups excluding carboxylic acids is 2. The molecule has 158 valence electrons. The lowest BCUT2D eigenvalue weighted by atomic mass is 10.2. The molecule has 0 bridgehead atoms. The molecule has 3 aromatic rings. The second-order valence-corrected chi connectivity index (χ2v) is 7.01. The maximum Gasteiger partial charge on any atom is 0.329 e. The predicted octanol–water partition coefficient (Wildman–Crippen LogP) is 4.80. The summed E-state index contributed by atoms with van der Waals surface area (Å²) < 4.78 is 19.3. The molecule has 6 nitrogen and oxygen atoms in total. The normalized spacial score (nSPS) is 10.7. The zero-order valence-electron chi connectivity index (χ0n) is 15.9. The fourth-order valence-electron chi connectivity index (χ4n) is 2.47. The van der Waals surface area contributed by atoms with E-state index in [0.29, 0.717) is 26.9 Å². The van der Waals surface area contributed by atoms with Crippen LogP contribution in [0.5, 0.6) is 5.75 Å². The van der Waals surface area contributed by atoms with Gasteiger partial charge in [0.2, 0.25) is 0 Å². The third-order valence-electron chi connectivity index (χ3n) is 4.01. The van der Waals surface area contributed by atoms with Crippen LogP contribution in [0.25, 0.3) is 0 Å². The molecule has 0 spiro atoms. The Hall–Kier alpha value is -3.42. The average Bonchev–Trinajstić information content (AvgIpc) is 2.75. The summed E-state index contributed by atoms with van der Waals surface area (Å²) in [5, 5.41) is 6.91. The molecule has 2 amide bonds. The maximum atomic E-state index is 13.5. The molecule has 0 fully saturated rings. The van der Waals surface area contributed by atoms with Crippen molar-refractivity contribution < 1.29 is 18.7 Å². The molecular weight excluding hydrogens is 444 g/mol. The third kappa shape index (κ3) is 6.28. The number of rotatable bonds is 6. The number of halogens is 3. The average molecular weight is 460 g/mol. The number of hydrogen-bond acceptors (Lipinski definition) is 4. The van der Waals surface area contributed by atoms with Gasteiger partial charge in [0.1, 0.15) is 18.2 Å². The van der Waals surface area contributed by atoms with Gasteiger partial charge in [-0.05, 0) is 42.0 Å². The molecule has 31 heavy (non-hydrogen) atoms. The van der Waals surface area contributed by atoms with Gasteiger partial charge in [0.25, 0.3) is 0 Å². The quantitative estimate of drug-likeness (QED) is 0.315. The van der Waals surface area contributed by atoms with Crippen molar-refractivity contribution in [3.8, 4) is 5.75 Å². The molecule has 0 unspecified atom stereocenters. The van der Waals surface area contributed by atoms with Crippen LogP contribution in [0.4, 0.5) is 10.1 Å². The van der Waals surface area contributed by atoms with E-state index in [9.17, 15) is 14.0 Å². The Morgan fingerprint density at radius 2 is 1.68 bits per heavy atom. The van der Waals surface area contributed by atoms with Crippen molar-refractivity contribution in [3.63, 3.8) is 0 Å². The summed E-state index contributed by atoms with van der Waals surface area (Å²) in [6, 6.07) is 17.6. The Labute approximate surface area is 187 Å². The number of carbonyl (C=O) groups is 2. The first-order valence-corrected chi connectivity index (χ1v) is 9.74. The summed E-state index contributed by atoms with van der Waals surface area (Å²) in [7, 11) is 0. The second-order valence-electron chi connectivity index (χ2n) is 6.19. The number of nitrogens with one attached hydrogen (secondary N) is 2. The Kier molecular flexibility index (Phi) is 7.59. The first-order chi connectivity index (χ1) is 14.9. The second kappa shape index (κ2) is 10.6. The molecule has 9 heteroatoms. The first kappa shape index (κ1) is 22.3. The van der Waals surface area contributed by atoms with Gasteiger partial charge in [-0.15, -0.1) is 0 Å². The SMILES string of the molecule is O=C(NN=Cc1cccc(OCc2c(Cl)cccc2Cl)c1)C(=O)Nc1ccccc1F. The van der Waals surface area contributed by atoms with Crippen LogP contribution in [0, 0.1) is 5.82 Å². The van der Waals surface area contributed by atoms with Crippen molar-refractivity contribution in [1.82, 2.24) is 5.43 Å². The standard InChI is InChI=1S/C22H16Cl2FN3O3/c23-17-7-4-8-18(24)16(17)13-31-15-6-3-5-14(11-15)12-26-28-22(30)21(29)27-20-10-2-1-9-19(20)25/h1-12H,13H2,(H,27,29)(H,28,30). The Morgan fingerprint density at radius 1 is 0.968 bits per heavy atom. The molecule has 3 aromatic carbocycles. The van der Waals surface area contributed by atoms with E-state index >= 15 is 0 Å². The molecule has 0 saturated heterocycles. The fourth-order valence-corrected chi connectivity index (χ4v) is 2.97. The maximum absolute atomic E-state index is 13.5. The van der Waals surface area contributed by atoms with Gasteiger partial charge >= 0.3 is 11.8 Å². The predicted molar refractivity (Wildman–Crippen MR) is 118 cm³/mol.